The van der Waals surface area contributed by atoms with Gasteiger partial charge in [-0.05, 0) is 20.3 Å². The van der Waals surface area contributed by atoms with E-state index < -0.39 is 5.60 Å². The summed E-state index contributed by atoms with van der Waals surface area (Å²) in [5.41, 5.74) is -0.798. The van der Waals surface area contributed by atoms with Gasteiger partial charge in [-0.2, -0.15) is 0 Å². The Hall–Kier alpha value is -0.770. The smallest absolute Gasteiger partial charge is 0.319 e. The topological polar surface area (TPSA) is 43.8 Å². The molecule has 1 N–H and O–H groups in total. The van der Waals surface area contributed by atoms with Gasteiger partial charge in [-0.1, -0.05) is 0 Å². The van der Waals surface area contributed by atoms with Gasteiger partial charge in [0.25, 0.3) is 0 Å². The lowest BCUT2D eigenvalue weighted by molar-refractivity contribution is 0.0345. The second-order valence-electron chi connectivity index (χ2n) is 4.29. The summed E-state index contributed by atoms with van der Waals surface area (Å²) in [5, 5.41) is 9.56. The van der Waals surface area contributed by atoms with Gasteiger partial charge in [-0.25, -0.2) is 4.79 Å². The molecule has 1 saturated heterocycles. The van der Waals surface area contributed by atoms with Crippen molar-refractivity contribution in [2.75, 3.05) is 26.7 Å². The summed E-state index contributed by atoms with van der Waals surface area (Å²) in [6.45, 7) is 5.42. The molecule has 0 spiro atoms. The van der Waals surface area contributed by atoms with Crippen molar-refractivity contribution < 1.29 is 9.90 Å². The third-order valence-electron chi connectivity index (χ3n) is 2.10. The molecule has 13 heavy (non-hydrogen) atoms. The Bertz CT molecular complexity index is 198. The first-order valence-electron chi connectivity index (χ1n) is 4.62. The van der Waals surface area contributed by atoms with Crippen molar-refractivity contribution in [1.29, 1.82) is 0 Å². The normalized spacial score (nSPS) is 19.5. The largest absolute Gasteiger partial charge is 0.389 e. The average molecular weight is 186 g/mol. The van der Waals surface area contributed by atoms with Gasteiger partial charge in [0.05, 0.1) is 12.1 Å². The van der Waals surface area contributed by atoms with Crippen LogP contribution < -0.4 is 0 Å². The molecule has 0 radical (unpaired) electrons. The molecule has 2 amide bonds. The fourth-order valence-electron chi connectivity index (χ4n) is 1.55. The number of urea groups is 1. The minimum Gasteiger partial charge on any atom is -0.389 e. The van der Waals surface area contributed by atoms with E-state index in [0.717, 1.165) is 19.5 Å². The highest BCUT2D eigenvalue weighted by Gasteiger charge is 2.27. The van der Waals surface area contributed by atoms with Gasteiger partial charge in [-0.15, -0.1) is 0 Å². The summed E-state index contributed by atoms with van der Waals surface area (Å²) in [6.07, 6.45) is 0.984. The van der Waals surface area contributed by atoms with Crippen molar-refractivity contribution in [3.63, 3.8) is 0 Å². The first kappa shape index (κ1) is 10.3. The molecule has 76 valence electrons. The molecule has 0 aromatic carbocycles. The number of rotatable bonds is 2. The quantitative estimate of drug-likeness (QED) is 0.683. The fraction of sp³-hybridized carbons (Fsp3) is 0.889. The van der Waals surface area contributed by atoms with Crippen molar-refractivity contribution in [2.24, 2.45) is 0 Å². The maximum atomic E-state index is 11.5. The Morgan fingerprint density at radius 3 is 2.62 bits per heavy atom. The lowest BCUT2D eigenvalue weighted by Gasteiger charge is -2.36. The van der Waals surface area contributed by atoms with E-state index in [0.29, 0.717) is 6.54 Å². The molecule has 4 heteroatoms. The lowest BCUT2D eigenvalue weighted by atomic mass is 10.1. The SMILES string of the molecule is CN1CCCN(CC(C)(C)O)C1=O. The predicted octanol–water partition coefficient (Wildman–Crippen LogP) is 0.515. The Kier molecular flexibility index (Phi) is 2.81. The number of aliphatic hydroxyl groups is 1. The summed E-state index contributed by atoms with van der Waals surface area (Å²) in [6, 6.07) is 0.0216. The van der Waals surface area contributed by atoms with E-state index in [-0.39, 0.29) is 6.03 Å². The zero-order valence-electron chi connectivity index (χ0n) is 8.58. The van der Waals surface area contributed by atoms with E-state index >= 15 is 0 Å². The van der Waals surface area contributed by atoms with Gasteiger partial charge < -0.3 is 14.9 Å². The van der Waals surface area contributed by atoms with Crippen LogP contribution in [0, 0.1) is 0 Å². The van der Waals surface area contributed by atoms with Crippen LogP contribution in [0.1, 0.15) is 20.3 Å². The van der Waals surface area contributed by atoms with Gasteiger partial charge >= 0.3 is 6.03 Å². The van der Waals surface area contributed by atoms with E-state index in [1.54, 1.807) is 30.7 Å². The zero-order valence-corrected chi connectivity index (χ0v) is 8.58. The summed E-state index contributed by atoms with van der Waals surface area (Å²) in [5.74, 6) is 0. The molecular formula is C9H18N2O2. The maximum absolute atomic E-state index is 11.5. The third-order valence-corrected chi connectivity index (χ3v) is 2.10. The number of nitrogens with zero attached hydrogens (tertiary/aromatic N) is 2. The standard InChI is InChI=1S/C9H18N2O2/c1-9(2,13)7-11-6-4-5-10(3)8(11)12/h13H,4-7H2,1-3H3. The summed E-state index contributed by atoms with van der Waals surface area (Å²) in [7, 11) is 1.79. The molecule has 0 saturated carbocycles. The molecule has 4 nitrogen and oxygen atoms in total. The van der Waals surface area contributed by atoms with Gasteiger partial charge in [0.15, 0.2) is 0 Å². The minimum absolute atomic E-state index is 0.0216. The maximum Gasteiger partial charge on any atom is 0.319 e. The van der Waals surface area contributed by atoms with Crippen molar-refractivity contribution in [3.8, 4) is 0 Å². The fourth-order valence-corrected chi connectivity index (χ4v) is 1.55. The van der Waals surface area contributed by atoms with Crippen LogP contribution >= 0.6 is 0 Å². The van der Waals surface area contributed by atoms with Crippen LogP contribution in [0.25, 0.3) is 0 Å². The van der Waals surface area contributed by atoms with Gasteiger partial charge in [0.1, 0.15) is 0 Å². The average Bonchev–Trinajstić information content (AvgIpc) is 1.96. The Morgan fingerprint density at radius 2 is 2.08 bits per heavy atom. The van der Waals surface area contributed by atoms with Crippen LogP contribution in [0.5, 0.6) is 0 Å². The number of hydrogen-bond acceptors (Lipinski definition) is 2. The zero-order chi connectivity index (χ0) is 10.1. The Morgan fingerprint density at radius 1 is 1.46 bits per heavy atom. The molecule has 1 heterocycles. The Balaban J connectivity index is 2.54. The van der Waals surface area contributed by atoms with Crippen molar-refractivity contribution in [1.82, 2.24) is 9.80 Å². The molecule has 1 fully saturated rings. The van der Waals surface area contributed by atoms with Gasteiger partial charge in [0.2, 0.25) is 0 Å². The highest BCUT2D eigenvalue weighted by atomic mass is 16.3. The highest BCUT2D eigenvalue weighted by Crippen LogP contribution is 2.11. The third kappa shape index (κ3) is 2.88. The first-order valence-corrected chi connectivity index (χ1v) is 4.62. The summed E-state index contributed by atoms with van der Waals surface area (Å²) in [4.78, 5) is 14.9. The molecule has 1 aliphatic rings. The van der Waals surface area contributed by atoms with Crippen molar-refractivity contribution in [2.45, 2.75) is 25.9 Å². The first-order chi connectivity index (χ1) is 5.90. The van der Waals surface area contributed by atoms with Crippen LogP contribution in [0.3, 0.4) is 0 Å². The summed E-state index contributed by atoms with van der Waals surface area (Å²) < 4.78 is 0. The molecule has 1 rings (SSSR count). The van der Waals surface area contributed by atoms with E-state index in [4.69, 9.17) is 0 Å². The monoisotopic (exact) mass is 186 g/mol. The van der Waals surface area contributed by atoms with Gasteiger partial charge in [0, 0.05) is 20.1 Å². The van der Waals surface area contributed by atoms with Crippen LogP contribution in [0.15, 0.2) is 0 Å². The molecule has 0 bridgehead atoms. The summed E-state index contributed by atoms with van der Waals surface area (Å²) >= 11 is 0. The molecule has 0 aliphatic carbocycles. The minimum atomic E-state index is -0.798. The van der Waals surface area contributed by atoms with E-state index in [9.17, 15) is 9.90 Å². The molecule has 0 unspecified atom stereocenters. The van der Waals surface area contributed by atoms with E-state index in [1.165, 1.54) is 0 Å². The molecular weight excluding hydrogens is 168 g/mol. The molecule has 0 atom stereocenters. The highest BCUT2D eigenvalue weighted by molar-refractivity contribution is 5.74. The van der Waals surface area contributed by atoms with Crippen molar-refractivity contribution >= 4 is 6.03 Å². The van der Waals surface area contributed by atoms with E-state index in [2.05, 4.69) is 0 Å². The number of carbonyl (C=O) groups excluding carboxylic acids is 1. The molecule has 0 aromatic heterocycles. The Labute approximate surface area is 79.1 Å². The number of β-amino-alcohol motifs (C(OH)–C–C–N with tert-alkyl or cyclic N) is 1. The second kappa shape index (κ2) is 3.54. The van der Waals surface area contributed by atoms with E-state index in [1.807, 2.05) is 0 Å². The second-order valence-corrected chi connectivity index (χ2v) is 4.29. The molecule has 0 aromatic rings. The van der Waals surface area contributed by atoms with Crippen molar-refractivity contribution in [3.05, 3.63) is 0 Å². The number of carbonyl (C=O) groups is 1. The number of hydrogen-bond donors (Lipinski definition) is 1. The lowest BCUT2D eigenvalue weighted by Crippen LogP contribution is -2.51. The van der Waals surface area contributed by atoms with Crippen LogP contribution in [-0.2, 0) is 0 Å². The van der Waals surface area contributed by atoms with Crippen LogP contribution in [0.2, 0.25) is 0 Å². The molecule has 1 aliphatic heterocycles. The predicted molar refractivity (Wildman–Crippen MR) is 50.5 cm³/mol. The van der Waals surface area contributed by atoms with Gasteiger partial charge in [-0.3, -0.25) is 0 Å². The van der Waals surface area contributed by atoms with Crippen LogP contribution in [0.4, 0.5) is 4.79 Å². The van der Waals surface area contributed by atoms with Crippen LogP contribution in [-0.4, -0.2) is 53.2 Å². The number of amides is 2.